The van der Waals surface area contributed by atoms with Crippen LogP contribution in [0.2, 0.25) is 0 Å². The van der Waals surface area contributed by atoms with E-state index in [0.717, 1.165) is 25.7 Å². The molecule has 0 aromatic carbocycles. The summed E-state index contributed by atoms with van der Waals surface area (Å²) in [7, 11) is 0. The number of imide groups is 1. The lowest BCUT2D eigenvalue weighted by Crippen LogP contribution is -2.42. The summed E-state index contributed by atoms with van der Waals surface area (Å²) in [5, 5.41) is 9.45. The van der Waals surface area contributed by atoms with Crippen LogP contribution in [0.1, 0.15) is 32.6 Å². The van der Waals surface area contributed by atoms with Crippen LogP contribution in [-0.2, 0) is 9.59 Å². The number of rotatable bonds is 3. The third-order valence-electron chi connectivity index (χ3n) is 3.68. The van der Waals surface area contributed by atoms with Crippen LogP contribution in [0.15, 0.2) is 11.6 Å². The summed E-state index contributed by atoms with van der Waals surface area (Å²) in [5.74, 6) is -0.438. The van der Waals surface area contributed by atoms with Gasteiger partial charge in [-0.15, -0.1) is 0 Å². The first-order valence-electron chi connectivity index (χ1n) is 5.73. The van der Waals surface area contributed by atoms with Gasteiger partial charge in [0.15, 0.2) is 0 Å². The molecule has 16 heavy (non-hydrogen) atoms. The molecule has 2 amide bonds. The van der Waals surface area contributed by atoms with Gasteiger partial charge in [-0.25, -0.2) is 0 Å². The van der Waals surface area contributed by atoms with Crippen molar-refractivity contribution in [3.8, 4) is 0 Å². The minimum absolute atomic E-state index is 0.0586. The van der Waals surface area contributed by atoms with Gasteiger partial charge in [0, 0.05) is 23.6 Å². The van der Waals surface area contributed by atoms with Gasteiger partial charge >= 0.3 is 0 Å². The fraction of sp³-hybridized carbons (Fsp3) is 0.667. The number of hydrogen-bond acceptors (Lipinski definition) is 3. The third-order valence-corrected chi connectivity index (χ3v) is 3.68. The molecule has 1 fully saturated rings. The molecule has 1 saturated carbocycles. The fourth-order valence-corrected chi connectivity index (χ4v) is 2.61. The summed E-state index contributed by atoms with van der Waals surface area (Å²) < 4.78 is 0. The summed E-state index contributed by atoms with van der Waals surface area (Å²) in [6, 6.07) is 0. The number of carbonyl (C=O) groups is 2. The number of nitrogens with zero attached hydrogens (tertiary/aromatic N) is 1. The van der Waals surface area contributed by atoms with Crippen molar-refractivity contribution in [2.45, 2.75) is 32.6 Å². The molecule has 88 valence electrons. The van der Waals surface area contributed by atoms with Gasteiger partial charge in [0.25, 0.3) is 11.8 Å². The first-order valence-corrected chi connectivity index (χ1v) is 5.73. The van der Waals surface area contributed by atoms with Crippen LogP contribution in [0.25, 0.3) is 0 Å². The molecular weight excluding hydrogens is 206 g/mol. The second kappa shape index (κ2) is 4.01. The standard InChI is InChI=1S/C12H17NO3/c1-9-6-10(15)13(11(9)16)7-12(8-14)4-2-3-5-12/h6,14H,2-5,7-8H2,1H3. The SMILES string of the molecule is CC1=CC(=O)N(CC2(CO)CCCC2)C1=O. The van der Waals surface area contributed by atoms with E-state index in [1.807, 2.05) is 0 Å². The maximum Gasteiger partial charge on any atom is 0.256 e. The minimum atomic E-state index is -0.246. The molecule has 4 nitrogen and oxygen atoms in total. The van der Waals surface area contributed by atoms with Crippen LogP contribution in [0.5, 0.6) is 0 Å². The molecular formula is C12H17NO3. The largest absolute Gasteiger partial charge is 0.396 e. The molecule has 0 saturated heterocycles. The maximum absolute atomic E-state index is 11.7. The summed E-state index contributed by atoms with van der Waals surface area (Å²) >= 11 is 0. The molecule has 1 N–H and O–H groups in total. The highest BCUT2D eigenvalue weighted by atomic mass is 16.3. The van der Waals surface area contributed by atoms with Crippen LogP contribution >= 0.6 is 0 Å². The number of hydrogen-bond donors (Lipinski definition) is 1. The van der Waals surface area contributed by atoms with Crippen LogP contribution < -0.4 is 0 Å². The molecule has 0 radical (unpaired) electrons. The first-order chi connectivity index (χ1) is 7.58. The lowest BCUT2D eigenvalue weighted by Gasteiger charge is -2.30. The highest BCUT2D eigenvalue weighted by Crippen LogP contribution is 2.39. The van der Waals surface area contributed by atoms with Gasteiger partial charge in [-0.2, -0.15) is 0 Å². The van der Waals surface area contributed by atoms with E-state index in [2.05, 4.69) is 0 Å². The van der Waals surface area contributed by atoms with Crippen LogP contribution in [0.3, 0.4) is 0 Å². The van der Waals surface area contributed by atoms with Crippen molar-refractivity contribution >= 4 is 11.8 Å². The van der Waals surface area contributed by atoms with Crippen molar-refractivity contribution in [2.75, 3.05) is 13.2 Å². The van der Waals surface area contributed by atoms with Crippen molar-refractivity contribution < 1.29 is 14.7 Å². The lowest BCUT2D eigenvalue weighted by atomic mass is 9.86. The van der Waals surface area contributed by atoms with E-state index in [-0.39, 0.29) is 23.8 Å². The van der Waals surface area contributed by atoms with Crippen LogP contribution in [0.4, 0.5) is 0 Å². The van der Waals surface area contributed by atoms with E-state index < -0.39 is 0 Å². The summed E-state index contributed by atoms with van der Waals surface area (Å²) in [6.07, 6.45) is 5.33. The van der Waals surface area contributed by atoms with Gasteiger partial charge in [0.05, 0.1) is 6.61 Å². The second-order valence-electron chi connectivity index (χ2n) is 4.92. The fourth-order valence-electron chi connectivity index (χ4n) is 2.61. The monoisotopic (exact) mass is 223 g/mol. The number of amides is 2. The minimum Gasteiger partial charge on any atom is -0.396 e. The molecule has 1 heterocycles. The molecule has 0 unspecified atom stereocenters. The smallest absolute Gasteiger partial charge is 0.256 e. The molecule has 0 atom stereocenters. The van der Waals surface area contributed by atoms with Crippen LogP contribution in [0, 0.1) is 5.41 Å². The molecule has 2 rings (SSSR count). The molecule has 0 spiro atoms. The highest BCUT2D eigenvalue weighted by molar-refractivity contribution is 6.15. The van der Waals surface area contributed by atoms with Gasteiger partial charge < -0.3 is 5.11 Å². The molecule has 2 aliphatic rings. The predicted molar refractivity (Wildman–Crippen MR) is 58.5 cm³/mol. The third kappa shape index (κ3) is 1.78. The quantitative estimate of drug-likeness (QED) is 0.722. The zero-order valence-corrected chi connectivity index (χ0v) is 9.53. The van der Waals surface area contributed by atoms with Gasteiger partial charge in [-0.1, -0.05) is 12.8 Å². The Morgan fingerprint density at radius 3 is 2.44 bits per heavy atom. The average molecular weight is 223 g/mol. The first kappa shape index (κ1) is 11.3. The van der Waals surface area contributed by atoms with E-state index in [0.29, 0.717) is 12.1 Å². The molecule has 0 aromatic heterocycles. The van der Waals surface area contributed by atoms with Crippen LogP contribution in [-0.4, -0.2) is 35.0 Å². The Morgan fingerprint density at radius 1 is 1.38 bits per heavy atom. The highest BCUT2D eigenvalue weighted by Gasteiger charge is 2.39. The molecule has 0 bridgehead atoms. The van der Waals surface area contributed by atoms with Crippen molar-refractivity contribution in [1.29, 1.82) is 0 Å². The van der Waals surface area contributed by atoms with Gasteiger partial charge in [0.1, 0.15) is 0 Å². The van der Waals surface area contributed by atoms with E-state index >= 15 is 0 Å². The normalized spacial score (nSPS) is 24.1. The Labute approximate surface area is 94.9 Å². The zero-order chi connectivity index (χ0) is 11.8. The Balaban J connectivity index is 2.10. The number of aliphatic hydroxyl groups excluding tert-OH is 1. The van der Waals surface area contributed by atoms with Crippen molar-refractivity contribution in [3.05, 3.63) is 11.6 Å². The maximum atomic E-state index is 11.7. The Morgan fingerprint density at radius 2 is 2.00 bits per heavy atom. The Kier molecular flexibility index (Phi) is 2.84. The van der Waals surface area contributed by atoms with Crippen molar-refractivity contribution in [3.63, 3.8) is 0 Å². The summed E-state index contributed by atoms with van der Waals surface area (Å²) in [6.45, 7) is 2.08. The second-order valence-corrected chi connectivity index (χ2v) is 4.92. The van der Waals surface area contributed by atoms with Gasteiger partial charge in [-0.05, 0) is 19.8 Å². The number of aliphatic hydroxyl groups is 1. The Bertz CT molecular complexity index is 353. The summed E-state index contributed by atoms with van der Waals surface area (Å²) in [5.41, 5.74) is 0.250. The molecule has 1 aliphatic carbocycles. The number of carbonyl (C=O) groups excluding carboxylic acids is 2. The van der Waals surface area contributed by atoms with Crippen molar-refractivity contribution in [2.24, 2.45) is 5.41 Å². The van der Waals surface area contributed by atoms with E-state index in [1.165, 1.54) is 11.0 Å². The van der Waals surface area contributed by atoms with Gasteiger partial charge in [0.2, 0.25) is 0 Å². The molecule has 0 aromatic rings. The van der Waals surface area contributed by atoms with E-state index in [4.69, 9.17) is 0 Å². The van der Waals surface area contributed by atoms with Crippen molar-refractivity contribution in [1.82, 2.24) is 4.90 Å². The average Bonchev–Trinajstić information content (AvgIpc) is 2.81. The van der Waals surface area contributed by atoms with E-state index in [9.17, 15) is 14.7 Å². The summed E-state index contributed by atoms with van der Waals surface area (Å²) in [4.78, 5) is 24.6. The zero-order valence-electron chi connectivity index (χ0n) is 9.53. The van der Waals surface area contributed by atoms with E-state index in [1.54, 1.807) is 6.92 Å². The topological polar surface area (TPSA) is 57.6 Å². The molecule has 4 heteroatoms. The Hall–Kier alpha value is -1.16. The molecule has 1 aliphatic heterocycles. The van der Waals surface area contributed by atoms with Gasteiger partial charge in [-0.3, -0.25) is 14.5 Å². The predicted octanol–water partition coefficient (Wildman–Crippen LogP) is 0.854. The lowest BCUT2D eigenvalue weighted by molar-refractivity contribution is -0.139.